The number of hydrogen-bond acceptors (Lipinski definition) is 4. The summed E-state index contributed by atoms with van der Waals surface area (Å²) in [6, 6.07) is 6.35. The second-order valence-electron chi connectivity index (χ2n) is 3.50. The van der Waals surface area contributed by atoms with Gasteiger partial charge in [-0.05, 0) is 25.1 Å². The smallest absolute Gasteiger partial charge is 0.357 e. The van der Waals surface area contributed by atoms with Crippen LogP contribution in [0.5, 0.6) is 0 Å². The minimum absolute atomic E-state index is 0.0398. The van der Waals surface area contributed by atoms with Crippen LogP contribution in [-0.4, -0.2) is 22.5 Å². The third-order valence-electron chi connectivity index (χ3n) is 2.31. The van der Waals surface area contributed by atoms with E-state index in [9.17, 15) is 9.18 Å². The summed E-state index contributed by atoms with van der Waals surface area (Å²) in [6.07, 6.45) is 3.13. The van der Waals surface area contributed by atoms with Crippen molar-refractivity contribution < 1.29 is 13.9 Å². The fourth-order valence-electron chi connectivity index (χ4n) is 1.49. The van der Waals surface area contributed by atoms with Gasteiger partial charge in [-0.2, -0.15) is 4.39 Å². The van der Waals surface area contributed by atoms with Crippen LogP contribution in [0.4, 0.5) is 4.39 Å². The van der Waals surface area contributed by atoms with E-state index < -0.39 is 11.9 Å². The Bertz CT molecular complexity index is 558. The second-order valence-corrected chi connectivity index (χ2v) is 3.50. The molecule has 0 aromatic carbocycles. The summed E-state index contributed by atoms with van der Waals surface area (Å²) < 4.78 is 18.5. The van der Waals surface area contributed by atoms with Crippen molar-refractivity contribution in [3.05, 3.63) is 48.3 Å². The molecule has 0 aliphatic carbocycles. The third-order valence-corrected chi connectivity index (χ3v) is 2.31. The minimum Gasteiger partial charge on any atom is -0.461 e. The monoisotopic (exact) mass is 246 g/mol. The zero-order valence-electron chi connectivity index (χ0n) is 9.76. The number of carbonyl (C=O) groups excluding carboxylic acids is 1. The van der Waals surface area contributed by atoms with Gasteiger partial charge in [-0.15, -0.1) is 0 Å². The first kappa shape index (κ1) is 12.2. The van der Waals surface area contributed by atoms with Crippen molar-refractivity contribution in [2.24, 2.45) is 0 Å². The zero-order valence-corrected chi connectivity index (χ0v) is 9.76. The first-order valence-electron chi connectivity index (χ1n) is 5.46. The lowest BCUT2D eigenvalue weighted by molar-refractivity contribution is 0.0518. The molecule has 0 atom stereocenters. The fraction of sp³-hybridized carbons (Fsp3) is 0.154. The standard InChI is InChI=1S/C13H11FN2O2/c1-2-18-13(17)11-6-5-10(12(14)16-11)9-4-3-7-15-8-9/h3-8H,2H2,1H3. The highest BCUT2D eigenvalue weighted by atomic mass is 19.1. The Balaban J connectivity index is 2.34. The van der Waals surface area contributed by atoms with Crippen LogP contribution in [0.25, 0.3) is 11.1 Å². The molecule has 0 saturated carbocycles. The van der Waals surface area contributed by atoms with Crippen LogP contribution in [0.2, 0.25) is 0 Å². The normalized spacial score (nSPS) is 10.1. The molecule has 2 heterocycles. The molecule has 0 amide bonds. The van der Waals surface area contributed by atoms with Gasteiger partial charge in [0.1, 0.15) is 0 Å². The number of rotatable bonds is 3. The molecule has 0 N–H and O–H groups in total. The Morgan fingerprint density at radius 3 is 2.83 bits per heavy atom. The zero-order chi connectivity index (χ0) is 13.0. The molecule has 92 valence electrons. The highest BCUT2D eigenvalue weighted by molar-refractivity contribution is 5.87. The first-order valence-corrected chi connectivity index (χ1v) is 5.46. The Hall–Kier alpha value is -2.30. The number of esters is 1. The van der Waals surface area contributed by atoms with Crippen LogP contribution in [0.15, 0.2) is 36.7 Å². The molecule has 0 bridgehead atoms. The quantitative estimate of drug-likeness (QED) is 0.616. The summed E-state index contributed by atoms with van der Waals surface area (Å²) >= 11 is 0. The van der Waals surface area contributed by atoms with E-state index in [1.54, 1.807) is 25.3 Å². The summed E-state index contributed by atoms with van der Waals surface area (Å²) in [5.41, 5.74) is 0.871. The average Bonchev–Trinajstić information content (AvgIpc) is 2.40. The maximum Gasteiger partial charge on any atom is 0.357 e. The fourth-order valence-corrected chi connectivity index (χ4v) is 1.49. The summed E-state index contributed by atoms with van der Waals surface area (Å²) in [4.78, 5) is 18.9. The van der Waals surface area contributed by atoms with Crippen molar-refractivity contribution >= 4 is 5.97 Å². The number of ether oxygens (including phenoxy) is 1. The van der Waals surface area contributed by atoms with Gasteiger partial charge in [0.2, 0.25) is 5.95 Å². The summed E-state index contributed by atoms with van der Waals surface area (Å²) in [6.45, 7) is 1.91. The molecular weight excluding hydrogens is 235 g/mol. The molecule has 5 heteroatoms. The van der Waals surface area contributed by atoms with E-state index in [0.717, 1.165) is 0 Å². The SMILES string of the molecule is CCOC(=O)c1ccc(-c2cccnc2)c(F)n1. The predicted octanol–water partition coefficient (Wildman–Crippen LogP) is 2.46. The van der Waals surface area contributed by atoms with E-state index in [2.05, 4.69) is 9.97 Å². The van der Waals surface area contributed by atoms with Gasteiger partial charge in [0.25, 0.3) is 0 Å². The van der Waals surface area contributed by atoms with Crippen LogP contribution >= 0.6 is 0 Å². The van der Waals surface area contributed by atoms with E-state index in [1.807, 2.05) is 0 Å². The summed E-state index contributed by atoms with van der Waals surface area (Å²) in [5.74, 6) is -1.34. The lowest BCUT2D eigenvalue weighted by atomic mass is 10.1. The molecule has 2 rings (SSSR count). The highest BCUT2D eigenvalue weighted by Crippen LogP contribution is 2.20. The Morgan fingerprint density at radius 2 is 2.22 bits per heavy atom. The molecule has 2 aromatic heterocycles. The Kier molecular flexibility index (Phi) is 3.62. The molecular formula is C13H11FN2O2. The Morgan fingerprint density at radius 1 is 1.39 bits per heavy atom. The molecule has 4 nitrogen and oxygen atoms in total. The number of carbonyl (C=O) groups is 1. The molecule has 0 saturated heterocycles. The van der Waals surface area contributed by atoms with Crippen LogP contribution in [-0.2, 0) is 4.74 Å². The topological polar surface area (TPSA) is 52.1 Å². The van der Waals surface area contributed by atoms with Crippen LogP contribution < -0.4 is 0 Å². The van der Waals surface area contributed by atoms with Gasteiger partial charge in [-0.25, -0.2) is 9.78 Å². The van der Waals surface area contributed by atoms with Crippen molar-refractivity contribution in [2.75, 3.05) is 6.61 Å². The van der Waals surface area contributed by atoms with Gasteiger partial charge in [0.15, 0.2) is 5.69 Å². The van der Waals surface area contributed by atoms with Gasteiger partial charge in [0.05, 0.1) is 6.61 Å². The first-order chi connectivity index (χ1) is 8.72. The van der Waals surface area contributed by atoms with Crippen molar-refractivity contribution in [2.45, 2.75) is 6.92 Å². The van der Waals surface area contributed by atoms with E-state index in [4.69, 9.17) is 4.74 Å². The molecule has 0 spiro atoms. The van der Waals surface area contributed by atoms with Crippen LogP contribution in [0.3, 0.4) is 0 Å². The number of nitrogens with zero attached hydrogens (tertiary/aromatic N) is 2. The number of pyridine rings is 2. The van der Waals surface area contributed by atoms with E-state index in [1.165, 1.54) is 18.3 Å². The molecule has 0 aliphatic rings. The van der Waals surface area contributed by atoms with Gasteiger partial charge in [0, 0.05) is 23.5 Å². The lowest BCUT2D eigenvalue weighted by Gasteiger charge is -2.04. The third kappa shape index (κ3) is 2.51. The van der Waals surface area contributed by atoms with Crippen molar-refractivity contribution in [1.82, 2.24) is 9.97 Å². The molecule has 18 heavy (non-hydrogen) atoms. The van der Waals surface area contributed by atoms with Crippen molar-refractivity contribution in [3.63, 3.8) is 0 Å². The summed E-state index contributed by atoms with van der Waals surface area (Å²) in [5, 5.41) is 0. The molecule has 0 aliphatic heterocycles. The minimum atomic E-state index is -0.714. The maximum absolute atomic E-state index is 13.8. The molecule has 0 fully saturated rings. The van der Waals surface area contributed by atoms with Gasteiger partial charge >= 0.3 is 5.97 Å². The van der Waals surface area contributed by atoms with E-state index >= 15 is 0 Å². The number of hydrogen-bond donors (Lipinski definition) is 0. The molecule has 0 radical (unpaired) electrons. The highest BCUT2D eigenvalue weighted by Gasteiger charge is 2.13. The molecule has 0 unspecified atom stereocenters. The second kappa shape index (κ2) is 5.35. The number of aromatic nitrogens is 2. The van der Waals surface area contributed by atoms with E-state index in [0.29, 0.717) is 11.1 Å². The largest absolute Gasteiger partial charge is 0.461 e. The van der Waals surface area contributed by atoms with Gasteiger partial charge in [-0.1, -0.05) is 6.07 Å². The van der Waals surface area contributed by atoms with Crippen LogP contribution in [0.1, 0.15) is 17.4 Å². The average molecular weight is 246 g/mol. The predicted molar refractivity (Wildman–Crippen MR) is 63.4 cm³/mol. The Labute approximate surface area is 103 Å². The number of halogens is 1. The van der Waals surface area contributed by atoms with Crippen molar-refractivity contribution in [3.8, 4) is 11.1 Å². The van der Waals surface area contributed by atoms with Crippen LogP contribution in [0, 0.1) is 5.95 Å². The van der Waals surface area contributed by atoms with Crippen molar-refractivity contribution in [1.29, 1.82) is 0 Å². The van der Waals surface area contributed by atoms with Gasteiger partial charge in [-0.3, -0.25) is 4.98 Å². The maximum atomic E-state index is 13.8. The lowest BCUT2D eigenvalue weighted by Crippen LogP contribution is -2.08. The molecule has 2 aromatic rings. The van der Waals surface area contributed by atoms with E-state index in [-0.39, 0.29) is 12.3 Å². The summed E-state index contributed by atoms with van der Waals surface area (Å²) in [7, 11) is 0. The van der Waals surface area contributed by atoms with Gasteiger partial charge < -0.3 is 4.74 Å².